The molecule has 0 spiro atoms. The van der Waals surface area contributed by atoms with Gasteiger partial charge in [0.1, 0.15) is 12.4 Å². The summed E-state index contributed by atoms with van der Waals surface area (Å²) in [5.74, 6) is 0.720. The van der Waals surface area contributed by atoms with E-state index in [0.717, 1.165) is 16.8 Å². The molecule has 0 bridgehead atoms. The average Bonchev–Trinajstić information content (AvgIpc) is 2.93. The first-order valence-corrected chi connectivity index (χ1v) is 8.29. The molecule has 1 N–H and O–H groups in total. The fourth-order valence-electron chi connectivity index (χ4n) is 2.49. The van der Waals surface area contributed by atoms with Gasteiger partial charge in [0.2, 0.25) is 5.88 Å². The standard InChI is InChI=1S/C19H17ClN2O4/c1-13-9-18(26-19(23)24)21-22(13)11-15-10-16(20)7-8-17(15)25-12-14-5-3-2-4-6-14/h2-10H,11-12H2,1H3,(H,23,24). The van der Waals surface area contributed by atoms with E-state index in [1.807, 2.05) is 43.3 Å². The number of rotatable bonds is 6. The summed E-state index contributed by atoms with van der Waals surface area (Å²) in [6, 6.07) is 16.8. The lowest BCUT2D eigenvalue weighted by molar-refractivity contribution is 0.142. The van der Waals surface area contributed by atoms with Gasteiger partial charge in [-0.05, 0) is 30.7 Å². The van der Waals surface area contributed by atoms with Crippen LogP contribution in [0.2, 0.25) is 5.02 Å². The zero-order chi connectivity index (χ0) is 18.5. The van der Waals surface area contributed by atoms with E-state index in [-0.39, 0.29) is 5.88 Å². The number of aromatic nitrogens is 2. The van der Waals surface area contributed by atoms with Gasteiger partial charge >= 0.3 is 6.16 Å². The number of carbonyl (C=O) groups is 1. The number of hydrogen-bond donors (Lipinski definition) is 1. The lowest BCUT2D eigenvalue weighted by Gasteiger charge is -2.13. The van der Waals surface area contributed by atoms with Crippen molar-refractivity contribution in [2.24, 2.45) is 0 Å². The number of benzene rings is 2. The van der Waals surface area contributed by atoms with Gasteiger partial charge in [0.15, 0.2) is 0 Å². The Hall–Kier alpha value is -2.99. The van der Waals surface area contributed by atoms with Crippen LogP contribution in [-0.2, 0) is 13.2 Å². The van der Waals surface area contributed by atoms with Gasteiger partial charge in [0.25, 0.3) is 0 Å². The van der Waals surface area contributed by atoms with Gasteiger partial charge in [-0.25, -0.2) is 4.79 Å². The summed E-state index contributed by atoms with van der Waals surface area (Å²) in [5.41, 5.74) is 2.65. The molecule has 134 valence electrons. The maximum absolute atomic E-state index is 10.7. The summed E-state index contributed by atoms with van der Waals surface area (Å²) in [7, 11) is 0. The highest BCUT2D eigenvalue weighted by Crippen LogP contribution is 2.26. The summed E-state index contributed by atoms with van der Waals surface area (Å²) in [5, 5.41) is 13.4. The zero-order valence-electron chi connectivity index (χ0n) is 14.1. The van der Waals surface area contributed by atoms with Crippen molar-refractivity contribution in [2.75, 3.05) is 0 Å². The Morgan fingerprint density at radius 3 is 2.69 bits per heavy atom. The molecule has 0 saturated heterocycles. The minimum absolute atomic E-state index is 0.0313. The molecular formula is C19H17ClN2O4. The van der Waals surface area contributed by atoms with Crippen molar-refractivity contribution in [2.45, 2.75) is 20.1 Å². The second kappa shape index (κ2) is 7.93. The summed E-state index contributed by atoms with van der Waals surface area (Å²) in [6.45, 7) is 2.62. The van der Waals surface area contributed by atoms with Gasteiger partial charge in [-0.1, -0.05) is 41.9 Å². The van der Waals surface area contributed by atoms with Crippen molar-refractivity contribution in [1.29, 1.82) is 0 Å². The maximum Gasteiger partial charge on any atom is 0.512 e. The van der Waals surface area contributed by atoms with E-state index in [0.29, 0.717) is 23.9 Å². The van der Waals surface area contributed by atoms with E-state index >= 15 is 0 Å². The highest BCUT2D eigenvalue weighted by molar-refractivity contribution is 6.30. The Balaban J connectivity index is 1.80. The van der Waals surface area contributed by atoms with Gasteiger partial charge in [-0.2, -0.15) is 0 Å². The first kappa shape index (κ1) is 17.8. The Morgan fingerprint density at radius 2 is 1.96 bits per heavy atom. The number of hydrogen-bond acceptors (Lipinski definition) is 4. The van der Waals surface area contributed by atoms with Gasteiger partial charge < -0.3 is 14.6 Å². The molecule has 0 aliphatic heterocycles. The molecule has 1 heterocycles. The molecule has 6 nitrogen and oxygen atoms in total. The third-order valence-electron chi connectivity index (χ3n) is 3.73. The Labute approximate surface area is 155 Å². The second-order valence-corrected chi connectivity index (χ2v) is 6.11. The largest absolute Gasteiger partial charge is 0.512 e. The van der Waals surface area contributed by atoms with Crippen LogP contribution in [0.1, 0.15) is 16.8 Å². The van der Waals surface area contributed by atoms with Gasteiger partial charge in [0, 0.05) is 22.3 Å². The third-order valence-corrected chi connectivity index (χ3v) is 3.97. The van der Waals surface area contributed by atoms with Crippen molar-refractivity contribution < 1.29 is 19.4 Å². The third kappa shape index (κ3) is 4.55. The second-order valence-electron chi connectivity index (χ2n) is 5.68. The summed E-state index contributed by atoms with van der Waals surface area (Å²) < 4.78 is 12.2. The first-order valence-electron chi connectivity index (χ1n) is 7.91. The molecule has 0 aliphatic carbocycles. The molecule has 2 aromatic carbocycles. The van der Waals surface area contributed by atoms with E-state index in [1.165, 1.54) is 0 Å². The SMILES string of the molecule is Cc1cc(OC(=O)O)nn1Cc1cc(Cl)ccc1OCc1ccccc1. The van der Waals surface area contributed by atoms with Crippen LogP contribution >= 0.6 is 11.6 Å². The lowest BCUT2D eigenvalue weighted by Crippen LogP contribution is -2.08. The molecule has 0 unspecified atom stereocenters. The molecule has 0 fully saturated rings. The van der Waals surface area contributed by atoms with Crippen LogP contribution in [0.25, 0.3) is 0 Å². The van der Waals surface area contributed by atoms with Crippen molar-refractivity contribution in [1.82, 2.24) is 9.78 Å². The normalized spacial score (nSPS) is 10.5. The van der Waals surface area contributed by atoms with Gasteiger partial charge in [0.05, 0.1) is 6.54 Å². The fraction of sp³-hybridized carbons (Fsp3) is 0.158. The smallest absolute Gasteiger partial charge is 0.489 e. The number of ether oxygens (including phenoxy) is 2. The Bertz CT molecular complexity index is 909. The zero-order valence-corrected chi connectivity index (χ0v) is 14.8. The van der Waals surface area contributed by atoms with Crippen molar-refractivity contribution >= 4 is 17.8 Å². The molecule has 0 aliphatic rings. The predicted molar refractivity (Wildman–Crippen MR) is 96.9 cm³/mol. The van der Waals surface area contributed by atoms with E-state index in [1.54, 1.807) is 22.9 Å². The minimum atomic E-state index is -1.40. The highest BCUT2D eigenvalue weighted by Gasteiger charge is 2.12. The Kier molecular flexibility index (Phi) is 5.43. The Morgan fingerprint density at radius 1 is 1.19 bits per heavy atom. The maximum atomic E-state index is 10.7. The lowest BCUT2D eigenvalue weighted by atomic mass is 10.2. The quantitative estimate of drug-likeness (QED) is 0.643. The number of nitrogens with zero attached hydrogens (tertiary/aromatic N) is 2. The monoisotopic (exact) mass is 372 g/mol. The van der Waals surface area contributed by atoms with Crippen LogP contribution in [0.5, 0.6) is 11.6 Å². The van der Waals surface area contributed by atoms with E-state index in [2.05, 4.69) is 9.84 Å². The van der Waals surface area contributed by atoms with Crippen LogP contribution in [0.4, 0.5) is 4.79 Å². The highest BCUT2D eigenvalue weighted by atomic mass is 35.5. The van der Waals surface area contributed by atoms with Crippen LogP contribution in [-0.4, -0.2) is 21.0 Å². The molecule has 26 heavy (non-hydrogen) atoms. The molecule has 0 amide bonds. The van der Waals surface area contributed by atoms with Crippen LogP contribution in [0.15, 0.2) is 54.6 Å². The van der Waals surface area contributed by atoms with E-state index in [4.69, 9.17) is 21.4 Å². The average molecular weight is 373 g/mol. The molecule has 0 saturated carbocycles. The fourth-order valence-corrected chi connectivity index (χ4v) is 2.68. The van der Waals surface area contributed by atoms with Crippen LogP contribution in [0, 0.1) is 6.92 Å². The van der Waals surface area contributed by atoms with Gasteiger partial charge in [-0.3, -0.25) is 4.68 Å². The summed E-state index contributed by atoms with van der Waals surface area (Å²) >= 11 is 6.13. The molecule has 3 rings (SSSR count). The minimum Gasteiger partial charge on any atom is -0.489 e. The van der Waals surface area contributed by atoms with Crippen LogP contribution < -0.4 is 9.47 Å². The number of carboxylic acid groups (broad SMARTS) is 1. The van der Waals surface area contributed by atoms with E-state index in [9.17, 15) is 4.79 Å². The summed E-state index contributed by atoms with van der Waals surface area (Å²) in [6.07, 6.45) is -1.40. The molecule has 1 aromatic heterocycles. The van der Waals surface area contributed by atoms with Crippen molar-refractivity contribution in [3.63, 3.8) is 0 Å². The van der Waals surface area contributed by atoms with Gasteiger partial charge in [-0.15, -0.1) is 5.10 Å². The number of halogens is 1. The molecule has 7 heteroatoms. The summed E-state index contributed by atoms with van der Waals surface area (Å²) in [4.78, 5) is 10.7. The molecule has 3 aromatic rings. The van der Waals surface area contributed by atoms with E-state index < -0.39 is 6.16 Å². The van der Waals surface area contributed by atoms with Crippen molar-refractivity contribution in [3.8, 4) is 11.6 Å². The molecular weight excluding hydrogens is 356 g/mol. The predicted octanol–water partition coefficient (Wildman–Crippen LogP) is 4.53. The topological polar surface area (TPSA) is 73.6 Å². The molecule has 0 radical (unpaired) electrons. The first-order chi connectivity index (χ1) is 12.5. The van der Waals surface area contributed by atoms with Crippen LogP contribution in [0.3, 0.4) is 0 Å². The number of aryl methyl sites for hydroxylation is 1. The van der Waals surface area contributed by atoms with Crippen molar-refractivity contribution in [3.05, 3.63) is 76.4 Å². The molecule has 0 atom stereocenters.